The summed E-state index contributed by atoms with van der Waals surface area (Å²) in [6, 6.07) is 21.1. The number of benzene rings is 4. The summed E-state index contributed by atoms with van der Waals surface area (Å²) >= 11 is 0. The van der Waals surface area contributed by atoms with Gasteiger partial charge in [-0.1, -0.05) is 54.6 Å². The van der Waals surface area contributed by atoms with E-state index in [1.165, 1.54) is 17.7 Å². The van der Waals surface area contributed by atoms with Crippen LogP contribution in [0.2, 0.25) is 0 Å². The van der Waals surface area contributed by atoms with Crippen molar-refractivity contribution >= 4 is 17.0 Å². The third-order valence-corrected chi connectivity index (χ3v) is 8.24. The van der Waals surface area contributed by atoms with E-state index in [0.29, 0.717) is 11.1 Å². The van der Waals surface area contributed by atoms with Crippen LogP contribution in [0.1, 0.15) is 21.5 Å². The first kappa shape index (κ1) is 30.4. The minimum atomic E-state index is -1.10. The third kappa shape index (κ3) is 6.73. The van der Waals surface area contributed by atoms with Gasteiger partial charge in [0.25, 0.3) is 6.01 Å². The van der Waals surface area contributed by atoms with E-state index in [0.717, 1.165) is 57.0 Å². The Morgan fingerprint density at radius 3 is 2.22 bits per heavy atom. The zero-order valence-corrected chi connectivity index (χ0v) is 25.1. The molecule has 1 aromatic heterocycles. The first-order chi connectivity index (χ1) is 21.8. The molecule has 0 amide bonds. The fourth-order valence-electron chi connectivity index (χ4n) is 5.66. The summed E-state index contributed by atoms with van der Waals surface area (Å²) in [5.74, 6) is -2.45. The Kier molecular flexibility index (Phi) is 8.88. The second kappa shape index (κ2) is 13.2. The molecule has 0 saturated carbocycles. The minimum absolute atomic E-state index is 0.0748. The number of aromatic amines is 1. The molecule has 5 aromatic rings. The molecule has 1 fully saturated rings. The number of aromatic carboxylic acids is 1. The lowest BCUT2D eigenvalue weighted by Gasteiger charge is -2.34. The molecule has 1 saturated heterocycles. The number of carboxylic acids is 1. The average molecular weight is 613 g/mol. The van der Waals surface area contributed by atoms with Gasteiger partial charge >= 0.3 is 5.97 Å². The Bertz CT molecular complexity index is 1820. The number of piperazine rings is 1. The van der Waals surface area contributed by atoms with Crippen LogP contribution in [0.15, 0.2) is 72.8 Å². The monoisotopic (exact) mass is 612 g/mol. The van der Waals surface area contributed by atoms with Crippen molar-refractivity contribution in [1.29, 1.82) is 0 Å². The van der Waals surface area contributed by atoms with E-state index < -0.39 is 17.6 Å². The summed E-state index contributed by atoms with van der Waals surface area (Å²) in [6.07, 6.45) is 0. The molecule has 232 valence electrons. The SMILES string of the molecule is COCCN1CCN(Cc2ccc(-c3ccc(-c4c(F)cc5[nH]c(Oc6ccc(C)c(C(=O)O)c6)nc5c4F)cc3)cc2)CC1. The van der Waals surface area contributed by atoms with Crippen molar-refractivity contribution in [2.45, 2.75) is 13.5 Å². The lowest BCUT2D eigenvalue weighted by Crippen LogP contribution is -2.46. The fraction of sp³-hybridized carbons (Fsp3) is 0.257. The third-order valence-electron chi connectivity index (χ3n) is 8.24. The number of hydrogen-bond donors (Lipinski definition) is 2. The standard InChI is InChI=1S/C35H34F2N4O4/c1-22-3-12-27(19-28(22)34(42)43)45-35-38-30-20-29(36)31(32(37)33(30)39-35)26-10-8-25(9-11-26)24-6-4-23(5-7-24)21-41-15-13-40(14-16-41)17-18-44-2/h3-12,19-20H,13-18,21H2,1-2H3,(H,38,39)(H,42,43). The summed E-state index contributed by atoms with van der Waals surface area (Å²) < 4.78 is 41.7. The van der Waals surface area contributed by atoms with Crippen LogP contribution in [0.5, 0.6) is 11.8 Å². The van der Waals surface area contributed by atoms with Gasteiger partial charge in [-0.3, -0.25) is 9.80 Å². The zero-order chi connectivity index (χ0) is 31.5. The highest BCUT2D eigenvalue weighted by molar-refractivity contribution is 5.90. The van der Waals surface area contributed by atoms with Crippen LogP contribution in [0, 0.1) is 18.6 Å². The number of fused-ring (bicyclic) bond motifs is 1. The molecular formula is C35H34F2N4O4. The number of hydrogen-bond acceptors (Lipinski definition) is 6. The molecule has 45 heavy (non-hydrogen) atoms. The summed E-state index contributed by atoms with van der Waals surface area (Å²) in [7, 11) is 1.73. The molecule has 0 bridgehead atoms. The number of carboxylic acid groups (broad SMARTS) is 1. The van der Waals surface area contributed by atoms with Gasteiger partial charge in [0.15, 0.2) is 5.82 Å². The molecule has 1 aliphatic rings. The van der Waals surface area contributed by atoms with Gasteiger partial charge in [-0.15, -0.1) is 0 Å². The number of H-pyrrole nitrogens is 1. The van der Waals surface area contributed by atoms with Gasteiger partial charge in [-0.05, 0) is 46.9 Å². The maximum absolute atomic E-state index is 15.7. The molecule has 4 aromatic carbocycles. The van der Waals surface area contributed by atoms with Crippen LogP contribution in [0.25, 0.3) is 33.3 Å². The molecule has 0 aliphatic carbocycles. The summed E-state index contributed by atoms with van der Waals surface area (Å²) in [5, 5.41) is 9.37. The van der Waals surface area contributed by atoms with E-state index in [-0.39, 0.29) is 33.9 Å². The van der Waals surface area contributed by atoms with Crippen molar-refractivity contribution in [2.75, 3.05) is 46.4 Å². The smallest absolute Gasteiger partial charge is 0.336 e. The molecule has 0 atom stereocenters. The normalized spacial score (nSPS) is 14.2. The number of imidazole rings is 1. The van der Waals surface area contributed by atoms with E-state index in [4.69, 9.17) is 9.47 Å². The Labute approximate surface area is 259 Å². The number of rotatable bonds is 10. The van der Waals surface area contributed by atoms with E-state index in [1.54, 1.807) is 38.3 Å². The van der Waals surface area contributed by atoms with Crippen LogP contribution in [-0.2, 0) is 11.3 Å². The van der Waals surface area contributed by atoms with Gasteiger partial charge in [0.1, 0.15) is 17.1 Å². The predicted octanol–water partition coefficient (Wildman–Crippen LogP) is 6.74. The molecule has 10 heteroatoms. The lowest BCUT2D eigenvalue weighted by molar-refractivity contribution is 0.0695. The zero-order valence-electron chi connectivity index (χ0n) is 25.1. The average Bonchev–Trinajstić information content (AvgIpc) is 3.44. The molecular weight excluding hydrogens is 578 g/mol. The van der Waals surface area contributed by atoms with Gasteiger partial charge in [0.2, 0.25) is 0 Å². The van der Waals surface area contributed by atoms with E-state index in [2.05, 4.69) is 44.0 Å². The lowest BCUT2D eigenvalue weighted by atomic mass is 9.98. The second-order valence-corrected chi connectivity index (χ2v) is 11.3. The number of aromatic nitrogens is 2. The molecule has 8 nitrogen and oxygen atoms in total. The Morgan fingerprint density at radius 2 is 1.56 bits per heavy atom. The number of nitrogens with zero attached hydrogens (tertiary/aromatic N) is 3. The van der Waals surface area contributed by atoms with Crippen LogP contribution < -0.4 is 4.74 Å². The maximum atomic E-state index is 15.7. The Balaban J connectivity index is 1.15. The fourth-order valence-corrected chi connectivity index (χ4v) is 5.66. The second-order valence-electron chi connectivity index (χ2n) is 11.3. The first-order valence-electron chi connectivity index (χ1n) is 14.8. The number of methoxy groups -OCH3 is 1. The van der Waals surface area contributed by atoms with Crippen molar-refractivity contribution < 1.29 is 28.2 Å². The molecule has 0 spiro atoms. The van der Waals surface area contributed by atoms with Crippen molar-refractivity contribution in [3.8, 4) is 34.0 Å². The summed E-state index contributed by atoms with van der Waals surface area (Å²) in [5.41, 5.74) is 4.08. The van der Waals surface area contributed by atoms with Crippen molar-refractivity contribution in [3.63, 3.8) is 0 Å². The van der Waals surface area contributed by atoms with Gasteiger partial charge in [0, 0.05) is 52.4 Å². The topological polar surface area (TPSA) is 90.9 Å². The summed E-state index contributed by atoms with van der Waals surface area (Å²) in [6.45, 7) is 8.43. The number of aryl methyl sites for hydroxylation is 1. The molecule has 2 heterocycles. The predicted molar refractivity (Wildman–Crippen MR) is 169 cm³/mol. The quantitative estimate of drug-likeness (QED) is 0.181. The minimum Gasteiger partial charge on any atom is -0.478 e. The molecule has 2 N–H and O–H groups in total. The number of halogens is 2. The first-order valence-corrected chi connectivity index (χ1v) is 14.8. The van der Waals surface area contributed by atoms with E-state index in [9.17, 15) is 9.90 Å². The van der Waals surface area contributed by atoms with Crippen LogP contribution in [0.3, 0.4) is 0 Å². The van der Waals surface area contributed by atoms with Gasteiger partial charge in [0.05, 0.1) is 23.3 Å². The van der Waals surface area contributed by atoms with Gasteiger partial charge < -0.3 is 19.6 Å². The number of carbonyl (C=O) groups is 1. The van der Waals surface area contributed by atoms with Gasteiger partial charge in [-0.2, -0.15) is 4.98 Å². The van der Waals surface area contributed by atoms with Crippen LogP contribution in [-0.4, -0.2) is 77.3 Å². The van der Waals surface area contributed by atoms with E-state index in [1.807, 2.05) is 12.1 Å². The molecule has 0 radical (unpaired) electrons. The molecule has 1 aliphatic heterocycles. The van der Waals surface area contributed by atoms with Crippen molar-refractivity contribution in [2.24, 2.45) is 0 Å². The largest absolute Gasteiger partial charge is 0.478 e. The number of ether oxygens (including phenoxy) is 2. The van der Waals surface area contributed by atoms with Gasteiger partial charge in [-0.25, -0.2) is 13.6 Å². The summed E-state index contributed by atoms with van der Waals surface area (Å²) in [4.78, 5) is 23.3. The molecule has 0 unspecified atom stereocenters. The highest BCUT2D eigenvalue weighted by Crippen LogP contribution is 2.34. The van der Waals surface area contributed by atoms with E-state index >= 15 is 8.78 Å². The van der Waals surface area contributed by atoms with Crippen LogP contribution >= 0.6 is 0 Å². The van der Waals surface area contributed by atoms with Crippen molar-refractivity contribution in [1.82, 2.24) is 19.8 Å². The highest BCUT2D eigenvalue weighted by Gasteiger charge is 2.20. The Hall–Kier alpha value is -4.64. The Morgan fingerprint density at radius 1 is 0.911 bits per heavy atom. The van der Waals surface area contributed by atoms with Crippen molar-refractivity contribution in [3.05, 3.63) is 101 Å². The number of nitrogens with one attached hydrogen (secondary N) is 1. The molecule has 6 rings (SSSR count). The maximum Gasteiger partial charge on any atom is 0.336 e. The highest BCUT2D eigenvalue weighted by atomic mass is 19.1. The van der Waals surface area contributed by atoms with Crippen LogP contribution in [0.4, 0.5) is 8.78 Å².